The summed E-state index contributed by atoms with van der Waals surface area (Å²) in [6.45, 7) is -3.48. The lowest BCUT2D eigenvalue weighted by atomic mass is 10.1. The molecule has 26 nitrogen and oxygen atoms in total. The molecule has 11 N–H and O–H groups in total. The van der Waals surface area contributed by atoms with Crippen LogP contribution in [0.1, 0.15) is 11.1 Å². The zero-order valence-electron chi connectivity index (χ0n) is 30.7. The number of nitrogens with zero attached hydrogens (tertiary/aromatic N) is 7. The minimum atomic E-state index is -4.98. The van der Waals surface area contributed by atoms with E-state index in [1.807, 2.05) is 0 Å². The second kappa shape index (κ2) is 20.8. The average molecular weight is 922 g/mol. The van der Waals surface area contributed by atoms with Crippen LogP contribution in [0, 0.1) is 0 Å². The molecule has 0 amide bonds. The fourth-order valence-corrected chi connectivity index (χ4v) is 7.10. The molecule has 0 fully saturated rings. The van der Waals surface area contributed by atoms with E-state index in [2.05, 4.69) is 51.2 Å². The Labute approximate surface area is 343 Å². The molecule has 0 radical (unpaired) electrons. The number of hydrogen-bond donors (Lipinski definition) is 12. The lowest BCUT2D eigenvalue weighted by Gasteiger charge is -2.35. The van der Waals surface area contributed by atoms with Gasteiger partial charge in [0, 0.05) is 24.5 Å². The molecule has 2 heterocycles. The van der Waals surface area contributed by atoms with Crippen LogP contribution in [0.2, 0.25) is 0 Å². The number of anilines is 7. The van der Waals surface area contributed by atoms with Crippen LogP contribution in [-0.4, -0.2) is 161 Å². The predicted octanol–water partition coefficient (Wildman–Crippen LogP) is -1.96. The summed E-state index contributed by atoms with van der Waals surface area (Å²) in [4.78, 5) is 24.4. The highest BCUT2D eigenvalue weighted by atomic mass is 32.2. The van der Waals surface area contributed by atoms with E-state index in [0.717, 1.165) is 17.3 Å². The van der Waals surface area contributed by atoms with Gasteiger partial charge >= 0.3 is 0 Å². The quantitative estimate of drug-likeness (QED) is 0.0218. The van der Waals surface area contributed by atoms with Gasteiger partial charge in [0.1, 0.15) is 11.2 Å². The van der Waals surface area contributed by atoms with Gasteiger partial charge in [-0.1, -0.05) is 24.3 Å². The van der Waals surface area contributed by atoms with Gasteiger partial charge in [-0.15, -0.1) is 0 Å². The van der Waals surface area contributed by atoms with Gasteiger partial charge < -0.3 is 46.6 Å². The zero-order chi connectivity index (χ0) is 44.3. The van der Waals surface area contributed by atoms with Crippen LogP contribution in [0.5, 0.6) is 0 Å². The summed E-state index contributed by atoms with van der Waals surface area (Å²) >= 11 is 0. The lowest BCUT2D eigenvalue weighted by Crippen LogP contribution is -2.51. The Hall–Kier alpha value is -5.28. The van der Waals surface area contributed by atoms with Gasteiger partial charge in [-0.3, -0.25) is 13.7 Å². The van der Waals surface area contributed by atoms with Crippen molar-refractivity contribution >= 4 is 94.3 Å². The maximum absolute atomic E-state index is 12.6. The number of aliphatic hydroxyl groups excluding tert-OH is 4. The zero-order valence-corrected chi connectivity index (χ0v) is 34.1. The fourth-order valence-electron chi connectivity index (χ4n) is 5.06. The largest absolute Gasteiger partial charge is 0.394 e. The maximum atomic E-state index is 12.6. The second-order valence-electron chi connectivity index (χ2n) is 12.1. The summed E-state index contributed by atoms with van der Waals surface area (Å²) in [5, 5.41) is 50.2. The van der Waals surface area contributed by atoms with Crippen molar-refractivity contribution in [2.24, 2.45) is 0 Å². The molecule has 0 bridgehead atoms. The average Bonchev–Trinajstić information content (AvgIpc) is 3.16. The topological polar surface area (TPSA) is 407 Å². The van der Waals surface area contributed by atoms with Gasteiger partial charge in [0.2, 0.25) is 29.7 Å². The van der Waals surface area contributed by atoms with Gasteiger partial charge in [0.05, 0.1) is 54.9 Å². The highest BCUT2D eigenvalue weighted by Crippen LogP contribution is 2.28. The van der Waals surface area contributed by atoms with Crippen molar-refractivity contribution in [3.63, 3.8) is 0 Å². The molecule has 4 aromatic rings. The third kappa shape index (κ3) is 14.2. The lowest BCUT2D eigenvalue weighted by molar-refractivity contribution is 0.142. The van der Waals surface area contributed by atoms with Crippen molar-refractivity contribution in [2.45, 2.75) is 21.9 Å². The highest BCUT2D eigenvalue weighted by Gasteiger charge is 2.29. The number of hydrogen-bond acceptors (Lipinski definition) is 23. The van der Waals surface area contributed by atoms with E-state index >= 15 is 0 Å². The van der Waals surface area contributed by atoms with E-state index in [0.29, 0.717) is 0 Å². The minimum Gasteiger partial charge on any atom is -0.394 e. The van der Waals surface area contributed by atoms with Crippen LogP contribution in [0.4, 0.5) is 41.1 Å². The molecule has 0 saturated heterocycles. The smallest absolute Gasteiger partial charge is 0.295 e. The van der Waals surface area contributed by atoms with E-state index in [9.17, 15) is 58.7 Å². The van der Waals surface area contributed by atoms with Gasteiger partial charge in [-0.25, -0.2) is 18.4 Å². The molecule has 4 rings (SSSR count). The predicted molar refractivity (Wildman–Crippen MR) is 215 cm³/mol. The van der Waals surface area contributed by atoms with Gasteiger partial charge in [0.25, 0.3) is 30.4 Å². The van der Waals surface area contributed by atoms with Gasteiger partial charge in [-0.2, -0.15) is 45.2 Å². The van der Waals surface area contributed by atoms with Crippen LogP contribution in [-0.2, 0) is 41.1 Å². The Morgan fingerprint density at radius 1 is 0.633 bits per heavy atom. The Morgan fingerprint density at radius 3 is 1.67 bits per heavy atom. The molecule has 0 saturated carbocycles. The summed E-state index contributed by atoms with van der Waals surface area (Å²) in [6, 6.07) is 5.20. The van der Waals surface area contributed by atoms with Crippen molar-refractivity contribution in [3.8, 4) is 0 Å². The third-order valence-electron chi connectivity index (χ3n) is 7.82. The van der Waals surface area contributed by atoms with Crippen molar-refractivity contribution in [1.29, 1.82) is 0 Å². The summed E-state index contributed by atoms with van der Waals surface area (Å²) in [6.07, 6.45) is 3.55. The Kier molecular flexibility index (Phi) is 16.4. The molecule has 0 atom stereocenters. The van der Waals surface area contributed by atoms with Crippen molar-refractivity contribution < 1.29 is 67.8 Å². The SMILES string of the molecule is O=[SH](=O)c1cc(Nc2ncnc(NCCS(=O)(=O)O)n2)ccc1C=Cc1ccc(Nc2nc(NCCS(=O)(=O)O)nc(N(C(CO)CO)C(CO)CO)n2)cc1S(=O)(=O)O. The molecule has 2 aromatic carbocycles. The first kappa shape index (κ1) is 47.4. The molecule has 0 aliphatic heterocycles. The molecule has 30 heteroatoms. The van der Waals surface area contributed by atoms with Gasteiger partial charge in [-0.05, 0) is 35.4 Å². The molecule has 328 valence electrons. The molecule has 0 spiro atoms. The molecule has 0 aliphatic carbocycles. The molecular weight excluding hydrogens is 883 g/mol. The summed E-state index contributed by atoms with van der Waals surface area (Å²) < 4.78 is 122. The summed E-state index contributed by atoms with van der Waals surface area (Å²) in [5.41, 5.74) is 0.100. The summed E-state index contributed by atoms with van der Waals surface area (Å²) in [5.74, 6) is -2.58. The normalized spacial score (nSPS) is 12.4. The van der Waals surface area contributed by atoms with E-state index in [1.165, 1.54) is 42.5 Å². The Morgan fingerprint density at radius 2 is 1.12 bits per heavy atom. The van der Waals surface area contributed by atoms with Gasteiger partial charge in [0.15, 0.2) is 10.7 Å². The monoisotopic (exact) mass is 921 g/mol. The first-order valence-corrected chi connectivity index (χ1v) is 22.7. The number of aliphatic hydroxyl groups is 4. The van der Waals surface area contributed by atoms with Crippen LogP contribution in [0.15, 0.2) is 52.5 Å². The highest BCUT2D eigenvalue weighted by molar-refractivity contribution is 7.86. The van der Waals surface area contributed by atoms with Crippen LogP contribution >= 0.6 is 0 Å². The second-order valence-corrected chi connectivity index (χ2v) is 17.7. The van der Waals surface area contributed by atoms with Crippen LogP contribution < -0.4 is 26.2 Å². The molecule has 60 heavy (non-hydrogen) atoms. The van der Waals surface area contributed by atoms with Crippen molar-refractivity contribution in [3.05, 3.63) is 53.9 Å². The van der Waals surface area contributed by atoms with E-state index < -0.39 is 103 Å². The number of nitrogens with one attached hydrogen (secondary N) is 4. The van der Waals surface area contributed by atoms with Crippen molar-refractivity contribution in [1.82, 2.24) is 29.9 Å². The molecule has 0 aliphatic rings. The van der Waals surface area contributed by atoms with Crippen LogP contribution in [0.3, 0.4) is 0 Å². The number of benzene rings is 2. The minimum absolute atomic E-state index is 0.0506. The Bertz CT molecular complexity index is 2560. The maximum Gasteiger partial charge on any atom is 0.295 e. The first-order valence-electron chi connectivity index (χ1n) is 16.9. The third-order valence-corrected chi connectivity index (χ3v) is 10.9. The molecule has 0 unspecified atom stereocenters. The van der Waals surface area contributed by atoms with E-state index in [-0.39, 0.29) is 63.7 Å². The number of thiol groups is 1. The number of rotatable bonds is 23. The standard InChI is InChI=1S/C30H39N11O15S4/c42-13-22(14-43)41(23(15-44)16-45)30-39-27(32-8-10-59(51,52)53)38-29(40-30)36-21-6-4-19(25(12-21)60(54,55)56)2-1-18-3-5-20(11-24(18)57(46)47)35-28-34-17-33-26(37-28)31-7-9-58(48,49)50/h1-6,11-12,17,22-23,42-45,57H,7-10,13-16H2,(H,48,49,50)(H,51,52,53)(H,54,55,56)(H2,31,33,34,35,37)(H2,32,36,38,39,40). The van der Waals surface area contributed by atoms with E-state index in [4.69, 9.17) is 9.11 Å². The van der Waals surface area contributed by atoms with Crippen LogP contribution in [0.25, 0.3) is 12.2 Å². The molecule has 2 aromatic heterocycles. The summed E-state index contributed by atoms with van der Waals surface area (Å²) in [7, 11) is -16.9. The first-order chi connectivity index (χ1) is 28.2. The molecular formula is C30H39N11O15S4. The van der Waals surface area contributed by atoms with E-state index in [1.54, 1.807) is 0 Å². The fraction of sp³-hybridized carbons (Fsp3) is 0.333. The van der Waals surface area contributed by atoms with Crippen molar-refractivity contribution in [2.75, 3.05) is 77.2 Å². The number of aromatic nitrogens is 6. The Balaban J connectivity index is 1.66.